The average molecular weight is 298 g/mol. The molecule has 4 heteroatoms. The van der Waals surface area contributed by atoms with Gasteiger partial charge in [0.05, 0.1) is 5.56 Å². The third-order valence-electron chi connectivity index (χ3n) is 4.13. The second-order valence-electron chi connectivity index (χ2n) is 5.76. The van der Waals surface area contributed by atoms with E-state index in [1.54, 1.807) is 29.3 Å². The molecule has 1 aromatic heterocycles. The van der Waals surface area contributed by atoms with Gasteiger partial charge in [0.1, 0.15) is 5.82 Å². The number of rotatable bonds is 3. The van der Waals surface area contributed by atoms with Gasteiger partial charge < -0.3 is 4.90 Å². The van der Waals surface area contributed by atoms with E-state index in [4.69, 9.17) is 0 Å². The van der Waals surface area contributed by atoms with Crippen molar-refractivity contribution >= 4 is 5.91 Å². The Hall–Kier alpha value is -2.23. The van der Waals surface area contributed by atoms with Gasteiger partial charge in [-0.05, 0) is 49.4 Å². The molecule has 1 aliphatic heterocycles. The molecule has 0 saturated carbocycles. The van der Waals surface area contributed by atoms with Gasteiger partial charge >= 0.3 is 0 Å². The number of hydrogen-bond acceptors (Lipinski definition) is 2. The van der Waals surface area contributed by atoms with Crippen LogP contribution in [0.4, 0.5) is 4.39 Å². The number of likely N-dealkylation sites (tertiary alicyclic amines) is 1. The summed E-state index contributed by atoms with van der Waals surface area (Å²) in [6.45, 7) is 1.37. The number of amides is 1. The lowest BCUT2D eigenvalue weighted by atomic mass is 9.92. The van der Waals surface area contributed by atoms with Crippen LogP contribution in [0.3, 0.4) is 0 Å². The van der Waals surface area contributed by atoms with Crippen molar-refractivity contribution in [2.24, 2.45) is 5.92 Å². The summed E-state index contributed by atoms with van der Waals surface area (Å²) in [4.78, 5) is 18.6. The summed E-state index contributed by atoms with van der Waals surface area (Å²) in [6, 6.07) is 12.1. The molecular weight excluding hydrogens is 279 g/mol. The quantitative estimate of drug-likeness (QED) is 0.871. The number of carbonyl (C=O) groups is 1. The Morgan fingerprint density at radius 3 is 2.82 bits per heavy atom. The number of carbonyl (C=O) groups excluding carboxylic acids is 1. The summed E-state index contributed by atoms with van der Waals surface area (Å²) in [6.07, 6.45) is 4.69. The minimum Gasteiger partial charge on any atom is -0.338 e. The highest BCUT2D eigenvalue weighted by molar-refractivity contribution is 5.94. The van der Waals surface area contributed by atoms with Crippen molar-refractivity contribution in [3.8, 4) is 0 Å². The van der Waals surface area contributed by atoms with Crippen LogP contribution in [-0.2, 0) is 6.42 Å². The predicted octanol–water partition coefficient (Wildman–Crippen LogP) is 3.32. The molecule has 0 radical (unpaired) electrons. The van der Waals surface area contributed by atoms with E-state index in [9.17, 15) is 9.18 Å². The molecule has 1 fully saturated rings. The second kappa shape index (κ2) is 6.69. The average Bonchev–Trinajstić information content (AvgIpc) is 2.56. The van der Waals surface area contributed by atoms with E-state index in [1.807, 2.05) is 18.2 Å². The molecule has 0 N–H and O–H groups in total. The van der Waals surface area contributed by atoms with Crippen molar-refractivity contribution in [1.82, 2.24) is 9.88 Å². The first kappa shape index (κ1) is 14.7. The van der Waals surface area contributed by atoms with E-state index in [0.29, 0.717) is 19.0 Å². The molecule has 1 unspecified atom stereocenters. The number of halogens is 1. The molecule has 1 saturated heterocycles. The summed E-state index contributed by atoms with van der Waals surface area (Å²) < 4.78 is 13.8. The van der Waals surface area contributed by atoms with Gasteiger partial charge in [-0.15, -0.1) is 0 Å². The van der Waals surface area contributed by atoms with Gasteiger partial charge in [-0.25, -0.2) is 4.39 Å². The highest BCUT2D eigenvalue weighted by Gasteiger charge is 2.26. The molecule has 1 aliphatic rings. The number of hydrogen-bond donors (Lipinski definition) is 0. The first-order valence-corrected chi connectivity index (χ1v) is 7.68. The van der Waals surface area contributed by atoms with Crippen LogP contribution in [0.15, 0.2) is 48.7 Å². The smallest absolute Gasteiger partial charge is 0.256 e. The van der Waals surface area contributed by atoms with E-state index in [2.05, 4.69) is 4.98 Å². The van der Waals surface area contributed by atoms with Crippen LogP contribution >= 0.6 is 0 Å². The van der Waals surface area contributed by atoms with Gasteiger partial charge in [0.2, 0.25) is 0 Å². The summed E-state index contributed by atoms with van der Waals surface area (Å²) in [5.41, 5.74) is 1.22. The normalized spacial score (nSPS) is 18.2. The lowest BCUT2D eigenvalue weighted by Gasteiger charge is -2.32. The predicted molar refractivity (Wildman–Crippen MR) is 83.0 cm³/mol. The Labute approximate surface area is 129 Å². The van der Waals surface area contributed by atoms with Crippen LogP contribution in [0.25, 0.3) is 0 Å². The molecule has 0 aliphatic carbocycles. The van der Waals surface area contributed by atoms with E-state index in [0.717, 1.165) is 25.0 Å². The van der Waals surface area contributed by atoms with Crippen LogP contribution in [0.1, 0.15) is 28.9 Å². The van der Waals surface area contributed by atoms with Crippen LogP contribution in [0, 0.1) is 11.7 Å². The molecule has 0 bridgehead atoms. The van der Waals surface area contributed by atoms with E-state index in [-0.39, 0.29) is 11.5 Å². The summed E-state index contributed by atoms with van der Waals surface area (Å²) in [5, 5.41) is 0. The van der Waals surface area contributed by atoms with Crippen LogP contribution in [0.5, 0.6) is 0 Å². The van der Waals surface area contributed by atoms with Gasteiger partial charge in [0, 0.05) is 25.0 Å². The fraction of sp³-hybridized carbons (Fsp3) is 0.333. The highest BCUT2D eigenvalue weighted by Crippen LogP contribution is 2.22. The fourth-order valence-electron chi connectivity index (χ4n) is 3.04. The van der Waals surface area contributed by atoms with Crippen LogP contribution in [0.2, 0.25) is 0 Å². The number of piperidine rings is 1. The molecular formula is C18H19FN2O. The number of benzene rings is 1. The first-order chi connectivity index (χ1) is 10.7. The Morgan fingerprint density at radius 1 is 1.23 bits per heavy atom. The van der Waals surface area contributed by atoms with Gasteiger partial charge in [-0.2, -0.15) is 0 Å². The molecule has 3 nitrogen and oxygen atoms in total. The lowest BCUT2D eigenvalue weighted by molar-refractivity contribution is 0.0668. The first-order valence-electron chi connectivity index (χ1n) is 7.68. The maximum absolute atomic E-state index is 13.8. The van der Waals surface area contributed by atoms with Gasteiger partial charge in [-0.1, -0.05) is 18.2 Å². The van der Waals surface area contributed by atoms with Crippen molar-refractivity contribution in [2.45, 2.75) is 19.3 Å². The Morgan fingerprint density at radius 2 is 2.05 bits per heavy atom. The molecule has 1 amide bonds. The number of nitrogens with zero attached hydrogens (tertiary/aromatic N) is 2. The topological polar surface area (TPSA) is 33.2 Å². The van der Waals surface area contributed by atoms with E-state index >= 15 is 0 Å². The lowest BCUT2D eigenvalue weighted by Crippen LogP contribution is -2.40. The van der Waals surface area contributed by atoms with Crippen LogP contribution < -0.4 is 0 Å². The summed E-state index contributed by atoms with van der Waals surface area (Å²) >= 11 is 0. The van der Waals surface area contributed by atoms with Gasteiger partial charge in [0.25, 0.3) is 5.91 Å². The molecule has 114 valence electrons. The third kappa shape index (κ3) is 3.32. The fourth-order valence-corrected chi connectivity index (χ4v) is 3.04. The molecule has 2 heterocycles. The molecule has 22 heavy (non-hydrogen) atoms. The van der Waals surface area contributed by atoms with Crippen molar-refractivity contribution in [1.29, 1.82) is 0 Å². The molecule has 1 aromatic carbocycles. The molecule has 0 spiro atoms. The zero-order valence-electron chi connectivity index (χ0n) is 12.4. The minimum atomic E-state index is -0.445. The third-order valence-corrected chi connectivity index (χ3v) is 4.13. The monoisotopic (exact) mass is 298 g/mol. The van der Waals surface area contributed by atoms with Crippen molar-refractivity contribution in [3.63, 3.8) is 0 Å². The van der Waals surface area contributed by atoms with Gasteiger partial charge in [-0.3, -0.25) is 9.78 Å². The summed E-state index contributed by atoms with van der Waals surface area (Å²) in [7, 11) is 0. The minimum absolute atomic E-state index is 0.168. The summed E-state index contributed by atoms with van der Waals surface area (Å²) in [5.74, 6) is -0.262. The Bertz CT molecular complexity index is 645. The maximum atomic E-state index is 13.8. The SMILES string of the molecule is O=C(c1ccccc1F)N1CCCC(Cc2ccccn2)C1. The largest absolute Gasteiger partial charge is 0.338 e. The molecule has 3 rings (SSSR count). The van der Waals surface area contributed by atoms with Crippen molar-refractivity contribution < 1.29 is 9.18 Å². The Kier molecular flexibility index (Phi) is 4.47. The Balaban J connectivity index is 1.68. The zero-order valence-corrected chi connectivity index (χ0v) is 12.4. The molecule has 2 aromatic rings. The highest BCUT2D eigenvalue weighted by atomic mass is 19.1. The van der Waals surface area contributed by atoms with Crippen molar-refractivity contribution in [3.05, 3.63) is 65.7 Å². The van der Waals surface area contributed by atoms with Crippen LogP contribution in [-0.4, -0.2) is 28.9 Å². The maximum Gasteiger partial charge on any atom is 0.256 e. The number of pyridine rings is 1. The standard InChI is InChI=1S/C18H19FN2O/c19-17-9-2-1-8-16(17)18(22)21-11-5-6-14(13-21)12-15-7-3-4-10-20-15/h1-4,7-10,14H,5-6,11-13H2. The van der Waals surface area contributed by atoms with E-state index in [1.165, 1.54) is 6.07 Å². The number of aromatic nitrogens is 1. The zero-order chi connectivity index (χ0) is 15.4. The molecule has 1 atom stereocenters. The van der Waals surface area contributed by atoms with Crippen molar-refractivity contribution in [2.75, 3.05) is 13.1 Å². The second-order valence-corrected chi connectivity index (χ2v) is 5.76. The van der Waals surface area contributed by atoms with Gasteiger partial charge in [0.15, 0.2) is 0 Å². The van der Waals surface area contributed by atoms with E-state index < -0.39 is 5.82 Å².